The lowest BCUT2D eigenvalue weighted by molar-refractivity contribution is -0.117. The molecule has 2 rings (SSSR count). The maximum atomic E-state index is 12.1. The van der Waals surface area contributed by atoms with Crippen LogP contribution in [-0.4, -0.2) is 64.7 Å². The number of rotatable bonds is 5. The Morgan fingerprint density at radius 3 is 2.38 bits per heavy atom. The van der Waals surface area contributed by atoms with Crippen molar-refractivity contribution < 1.29 is 13.2 Å². The highest BCUT2D eigenvalue weighted by atomic mass is 32.2. The monoisotopic (exact) mass is 354 g/mol. The topological polar surface area (TPSA) is 81.8 Å². The van der Waals surface area contributed by atoms with Crippen LogP contribution in [-0.2, 0) is 14.8 Å². The minimum Gasteiger partial charge on any atom is -0.369 e. The third kappa shape index (κ3) is 5.19. The Morgan fingerprint density at radius 2 is 1.83 bits per heavy atom. The van der Waals surface area contributed by atoms with Crippen molar-refractivity contribution in [2.24, 2.45) is 0 Å². The number of anilines is 2. The summed E-state index contributed by atoms with van der Waals surface area (Å²) in [5.74, 6) is -0.382. The van der Waals surface area contributed by atoms with Crippen molar-refractivity contribution in [1.29, 1.82) is 0 Å². The van der Waals surface area contributed by atoms with E-state index in [1.807, 2.05) is 25.1 Å². The zero-order valence-corrected chi connectivity index (χ0v) is 15.5. The first kappa shape index (κ1) is 18.7. The summed E-state index contributed by atoms with van der Waals surface area (Å²) < 4.78 is 24.7. The van der Waals surface area contributed by atoms with Crippen LogP contribution in [0.3, 0.4) is 0 Å². The quantitative estimate of drug-likeness (QED) is 0.810. The van der Waals surface area contributed by atoms with E-state index in [0.29, 0.717) is 5.69 Å². The second kappa shape index (κ2) is 7.50. The van der Waals surface area contributed by atoms with E-state index in [-0.39, 0.29) is 5.91 Å². The summed E-state index contributed by atoms with van der Waals surface area (Å²) in [6.45, 7) is 7.57. The highest BCUT2D eigenvalue weighted by molar-refractivity contribution is 7.88. The Labute approximate surface area is 144 Å². The smallest absolute Gasteiger partial charge is 0.242 e. The van der Waals surface area contributed by atoms with Crippen LogP contribution in [0.5, 0.6) is 0 Å². The molecule has 1 aromatic carbocycles. The van der Waals surface area contributed by atoms with Gasteiger partial charge in [0.05, 0.1) is 12.3 Å². The second-order valence-corrected chi connectivity index (χ2v) is 8.17. The van der Waals surface area contributed by atoms with Gasteiger partial charge in [0.1, 0.15) is 0 Å². The SMILES string of the molecule is Cc1cc(NC(=O)[C@H](C)NS(C)(=O)=O)ccc1N1CCN(C)CC1. The molecule has 0 aliphatic carbocycles. The van der Waals surface area contributed by atoms with Crippen molar-refractivity contribution >= 4 is 27.3 Å². The predicted molar refractivity (Wildman–Crippen MR) is 97.0 cm³/mol. The molecule has 0 aromatic heterocycles. The number of sulfonamides is 1. The van der Waals surface area contributed by atoms with Crippen LogP contribution in [0.1, 0.15) is 12.5 Å². The average molecular weight is 354 g/mol. The van der Waals surface area contributed by atoms with Crippen LogP contribution >= 0.6 is 0 Å². The van der Waals surface area contributed by atoms with Gasteiger partial charge in [-0.15, -0.1) is 0 Å². The van der Waals surface area contributed by atoms with E-state index in [2.05, 4.69) is 26.9 Å². The number of nitrogens with one attached hydrogen (secondary N) is 2. The number of hydrogen-bond acceptors (Lipinski definition) is 5. The number of likely N-dealkylation sites (N-methyl/N-ethyl adjacent to an activating group) is 1. The lowest BCUT2D eigenvalue weighted by Gasteiger charge is -2.35. The maximum Gasteiger partial charge on any atom is 0.242 e. The molecule has 1 atom stereocenters. The molecule has 0 saturated carbocycles. The van der Waals surface area contributed by atoms with Crippen molar-refractivity contribution in [2.45, 2.75) is 19.9 Å². The predicted octanol–water partition coefficient (Wildman–Crippen LogP) is 0.623. The normalized spacial score (nSPS) is 17.6. The lowest BCUT2D eigenvalue weighted by atomic mass is 10.1. The molecule has 1 aromatic rings. The Hall–Kier alpha value is -1.64. The summed E-state index contributed by atoms with van der Waals surface area (Å²) in [7, 11) is -1.30. The zero-order valence-electron chi connectivity index (χ0n) is 14.7. The second-order valence-electron chi connectivity index (χ2n) is 6.39. The Bertz CT molecular complexity index is 697. The van der Waals surface area contributed by atoms with Gasteiger partial charge in [0.15, 0.2) is 0 Å². The van der Waals surface area contributed by atoms with Crippen LogP contribution < -0.4 is 14.9 Å². The van der Waals surface area contributed by atoms with E-state index in [1.54, 1.807) is 0 Å². The molecule has 1 aliphatic heterocycles. The minimum atomic E-state index is -3.42. The van der Waals surface area contributed by atoms with Gasteiger partial charge in [-0.3, -0.25) is 4.79 Å². The number of carbonyl (C=O) groups excluding carboxylic acids is 1. The summed E-state index contributed by atoms with van der Waals surface area (Å²) in [5.41, 5.74) is 2.92. The minimum absolute atomic E-state index is 0.382. The molecule has 1 aliphatic rings. The number of piperazine rings is 1. The van der Waals surface area contributed by atoms with E-state index >= 15 is 0 Å². The van der Waals surface area contributed by atoms with Gasteiger partial charge in [-0.2, -0.15) is 0 Å². The molecule has 0 bridgehead atoms. The van der Waals surface area contributed by atoms with E-state index in [4.69, 9.17) is 0 Å². The molecule has 24 heavy (non-hydrogen) atoms. The van der Waals surface area contributed by atoms with Gasteiger partial charge in [0, 0.05) is 37.6 Å². The van der Waals surface area contributed by atoms with Crippen LogP contribution in [0.25, 0.3) is 0 Å². The van der Waals surface area contributed by atoms with Crippen LogP contribution in [0.15, 0.2) is 18.2 Å². The van der Waals surface area contributed by atoms with Crippen molar-refractivity contribution in [3.8, 4) is 0 Å². The number of nitrogens with zero attached hydrogens (tertiary/aromatic N) is 2. The average Bonchev–Trinajstić information content (AvgIpc) is 2.47. The highest BCUT2D eigenvalue weighted by Gasteiger charge is 2.19. The first-order valence-electron chi connectivity index (χ1n) is 7.98. The fraction of sp³-hybridized carbons (Fsp3) is 0.562. The van der Waals surface area contributed by atoms with E-state index in [0.717, 1.165) is 38.0 Å². The molecule has 1 saturated heterocycles. The van der Waals surface area contributed by atoms with Gasteiger partial charge < -0.3 is 15.1 Å². The summed E-state index contributed by atoms with van der Waals surface area (Å²) in [6, 6.07) is 4.95. The van der Waals surface area contributed by atoms with Gasteiger partial charge in [-0.05, 0) is 44.7 Å². The summed E-state index contributed by atoms with van der Waals surface area (Å²) in [6.07, 6.45) is 1.03. The highest BCUT2D eigenvalue weighted by Crippen LogP contribution is 2.24. The third-order valence-corrected chi connectivity index (χ3v) is 4.87. The molecule has 134 valence electrons. The van der Waals surface area contributed by atoms with Crippen LogP contribution in [0.2, 0.25) is 0 Å². The van der Waals surface area contributed by atoms with Crippen LogP contribution in [0.4, 0.5) is 11.4 Å². The van der Waals surface area contributed by atoms with E-state index < -0.39 is 16.1 Å². The Kier molecular flexibility index (Phi) is 5.84. The molecule has 0 spiro atoms. The Balaban J connectivity index is 2.03. The molecule has 0 unspecified atom stereocenters. The summed E-state index contributed by atoms with van der Waals surface area (Å²) in [5, 5.41) is 2.75. The van der Waals surface area contributed by atoms with Gasteiger partial charge in [-0.1, -0.05) is 0 Å². The molecular weight excluding hydrogens is 328 g/mol. The maximum absolute atomic E-state index is 12.1. The fourth-order valence-electron chi connectivity index (χ4n) is 2.76. The molecule has 1 fully saturated rings. The van der Waals surface area contributed by atoms with Crippen LogP contribution in [0, 0.1) is 6.92 Å². The molecular formula is C16H26N4O3S. The molecule has 0 radical (unpaired) electrons. The molecule has 1 heterocycles. The zero-order chi connectivity index (χ0) is 17.9. The molecule has 7 nitrogen and oxygen atoms in total. The number of aryl methyl sites for hydroxylation is 1. The first-order chi connectivity index (χ1) is 11.2. The van der Waals surface area contributed by atoms with Gasteiger partial charge in [-0.25, -0.2) is 13.1 Å². The molecule has 2 N–H and O–H groups in total. The van der Waals surface area contributed by atoms with E-state index in [1.165, 1.54) is 12.6 Å². The van der Waals surface area contributed by atoms with Crippen molar-refractivity contribution in [1.82, 2.24) is 9.62 Å². The van der Waals surface area contributed by atoms with E-state index in [9.17, 15) is 13.2 Å². The number of benzene rings is 1. The summed E-state index contributed by atoms with van der Waals surface area (Å²) >= 11 is 0. The third-order valence-electron chi connectivity index (χ3n) is 4.09. The van der Waals surface area contributed by atoms with Gasteiger partial charge in [0.25, 0.3) is 0 Å². The first-order valence-corrected chi connectivity index (χ1v) is 9.87. The van der Waals surface area contributed by atoms with Crippen molar-refractivity contribution in [3.05, 3.63) is 23.8 Å². The largest absolute Gasteiger partial charge is 0.369 e. The molecule has 1 amide bonds. The van der Waals surface area contributed by atoms with Gasteiger partial charge in [0.2, 0.25) is 15.9 Å². The summed E-state index contributed by atoms with van der Waals surface area (Å²) in [4.78, 5) is 16.7. The fourth-order valence-corrected chi connectivity index (χ4v) is 3.51. The number of hydrogen-bond donors (Lipinski definition) is 2. The van der Waals surface area contributed by atoms with Crippen molar-refractivity contribution in [3.63, 3.8) is 0 Å². The standard InChI is InChI=1S/C16H26N4O3S/c1-12-11-14(17-16(21)13(2)18-24(4,22)23)5-6-15(12)20-9-7-19(3)8-10-20/h5-6,11,13,18H,7-10H2,1-4H3,(H,17,21)/t13-/m0/s1. The van der Waals surface area contributed by atoms with Gasteiger partial charge >= 0.3 is 0 Å². The molecule has 8 heteroatoms. The lowest BCUT2D eigenvalue weighted by Crippen LogP contribution is -2.44. The number of carbonyl (C=O) groups is 1. The Morgan fingerprint density at radius 1 is 1.21 bits per heavy atom. The van der Waals surface area contributed by atoms with Crippen molar-refractivity contribution in [2.75, 3.05) is 49.7 Å². The number of amides is 1.